The first-order valence-electron chi connectivity index (χ1n) is 8.54. The summed E-state index contributed by atoms with van der Waals surface area (Å²) in [5.74, 6) is -0.552. The van der Waals surface area contributed by atoms with Crippen LogP contribution in [0.4, 0.5) is 4.39 Å². The molecular formula is C21H21FN4O. The predicted molar refractivity (Wildman–Crippen MR) is 104 cm³/mol. The highest BCUT2D eigenvalue weighted by molar-refractivity contribution is 5.96. The summed E-state index contributed by atoms with van der Waals surface area (Å²) in [4.78, 5) is 12.6. The number of aryl methyl sites for hydroxylation is 1. The van der Waals surface area contributed by atoms with Gasteiger partial charge < -0.3 is 15.6 Å². The fraction of sp³-hybridized carbons (Fsp3) is 0.143. The van der Waals surface area contributed by atoms with Crippen molar-refractivity contribution in [2.24, 2.45) is 5.73 Å². The zero-order valence-electron chi connectivity index (χ0n) is 15.2. The van der Waals surface area contributed by atoms with Crippen molar-refractivity contribution in [2.45, 2.75) is 20.4 Å². The van der Waals surface area contributed by atoms with Gasteiger partial charge in [-0.3, -0.25) is 10.2 Å². The second kappa shape index (κ2) is 7.45. The molecule has 0 saturated carbocycles. The molecule has 0 aliphatic heterocycles. The van der Waals surface area contributed by atoms with Crippen molar-refractivity contribution in [3.8, 4) is 5.69 Å². The molecule has 0 aliphatic carbocycles. The molecule has 4 N–H and O–H groups in total. The third-order valence-corrected chi connectivity index (χ3v) is 4.49. The van der Waals surface area contributed by atoms with Crippen LogP contribution in [-0.2, 0) is 6.54 Å². The van der Waals surface area contributed by atoms with Crippen molar-refractivity contribution in [1.29, 1.82) is 5.41 Å². The van der Waals surface area contributed by atoms with E-state index in [9.17, 15) is 9.18 Å². The van der Waals surface area contributed by atoms with Crippen molar-refractivity contribution in [3.05, 3.63) is 88.5 Å². The first kappa shape index (κ1) is 18.4. The number of carbonyl (C=O) groups excluding carboxylic acids is 1. The number of hydrogen-bond donors (Lipinski definition) is 3. The van der Waals surface area contributed by atoms with Crippen molar-refractivity contribution < 1.29 is 9.18 Å². The van der Waals surface area contributed by atoms with Crippen molar-refractivity contribution in [1.82, 2.24) is 9.88 Å². The maximum absolute atomic E-state index is 14.2. The Labute approximate surface area is 157 Å². The van der Waals surface area contributed by atoms with Gasteiger partial charge in [-0.2, -0.15) is 0 Å². The van der Waals surface area contributed by atoms with Gasteiger partial charge in [-0.25, -0.2) is 4.39 Å². The highest BCUT2D eigenvalue weighted by Gasteiger charge is 2.18. The number of aromatic nitrogens is 1. The summed E-state index contributed by atoms with van der Waals surface area (Å²) in [7, 11) is 0. The van der Waals surface area contributed by atoms with E-state index >= 15 is 0 Å². The van der Waals surface area contributed by atoms with Crippen LogP contribution < -0.4 is 11.1 Å². The van der Waals surface area contributed by atoms with Gasteiger partial charge in [-0.1, -0.05) is 36.4 Å². The number of nitrogen functional groups attached to an aromatic ring is 1. The van der Waals surface area contributed by atoms with Crippen LogP contribution in [0.3, 0.4) is 0 Å². The summed E-state index contributed by atoms with van der Waals surface area (Å²) in [6, 6.07) is 15.4. The Balaban J connectivity index is 1.79. The van der Waals surface area contributed by atoms with Crippen LogP contribution in [-0.4, -0.2) is 16.3 Å². The first-order valence-corrected chi connectivity index (χ1v) is 8.54. The molecule has 0 spiro atoms. The van der Waals surface area contributed by atoms with Crippen LogP contribution in [0.15, 0.2) is 54.6 Å². The lowest BCUT2D eigenvalue weighted by Gasteiger charge is -2.11. The Morgan fingerprint density at radius 1 is 1.15 bits per heavy atom. The molecule has 3 aromatic rings. The number of hydrogen-bond acceptors (Lipinski definition) is 2. The Morgan fingerprint density at radius 3 is 2.44 bits per heavy atom. The van der Waals surface area contributed by atoms with Gasteiger partial charge in [0.1, 0.15) is 11.7 Å². The molecule has 0 fully saturated rings. The highest BCUT2D eigenvalue weighted by Crippen LogP contribution is 2.22. The van der Waals surface area contributed by atoms with E-state index in [-0.39, 0.29) is 17.6 Å². The zero-order chi connectivity index (χ0) is 19.6. The van der Waals surface area contributed by atoms with E-state index in [0.29, 0.717) is 29.1 Å². The lowest BCUT2D eigenvalue weighted by molar-refractivity contribution is 0.0950. The first-order chi connectivity index (χ1) is 12.9. The maximum Gasteiger partial charge on any atom is 0.253 e. The Kier molecular flexibility index (Phi) is 5.07. The van der Waals surface area contributed by atoms with Gasteiger partial charge in [0.05, 0.1) is 11.3 Å². The molecule has 5 nitrogen and oxygen atoms in total. The van der Waals surface area contributed by atoms with Crippen molar-refractivity contribution in [2.75, 3.05) is 0 Å². The van der Waals surface area contributed by atoms with Crippen LogP contribution >= 0.6 is 0 Å². The second-order valence-electron chi connectivity index (χ2n) is 6.36. The molecule has 6 heteroatoms. The number of rotatable bonds is 5. The third-order valence-electron chi connectivity index (χ3n) is 4.49. The number of nitrogens with two attached hydrogens (primary N) is 1. The van der Waals surface area contributed by atoms with Gasteiger partial charge in [0.2, 0.25) is 0 Å². The average molecular weight is 364 g/mol. The molecule has 27 heavy (non-hydrogen) atoms. The number of nitrogens with zero attached hydrogens (tertiary/aromatic N) is 1. The molecule has 0 atom stereocenters. The number of halogens is 1. The maximum atomic E-state index is 14.2. The fourth-order valence-electron chi connectivity index (χ4n) is 3.08. The minimum Gasteiger partial charge on any atom is -0.384 e. The van der Waals surface area contributed by atoms with Crippen LogP contribution in [0.1, 0.15) is 32.9 Å². The fourth-order valence-corrected chi connectivity index (χ4v) is 3.08. The Hall–Kier alpha value is -3.41. The van der Waals surface area contributed by atoms with E-state index < -0.39 is 0 Å². The van der Waals surface area contributed by atoms with E-state index in [0.717, 1.165) is 11.3 Å². The van der Waals surface area contributed by atoms with E-state index in [2.05, 4.69) is 5.32 Å². The molecule has 1 amide bonds. The highest BCUT2D eigenvalue weighted by atomic mass is 19.1. The summed E-state index contributed by atoms with van der Waals surface area (Å²) < 4.78 is 15.9. The van der Waals surface area contributed by atoms with Crippen LogP contribution in [0.5, 0.6) is 0 Å². The average Bonchev–Trinajstić information content (AvgIpc) is 2.95. The molecule has 138 valence electrons. The van der Waals surface area contributed by atoms with Gasteiger partial charge in [0, 0.05) is 23.5 Å². The summed E-state index contributed by atoms with van der Waals surface area (Å²) in [5.41, 5.74) is 9.38. The normalized spacial score (nSPS) is 10.6. The largest absolute Gasteiger partial charge is 0.384 e. The molecule has 0 saturated heterocycles. The smallest absolute Gasteiger partial charge is 0.253 e. The van der Waals surface area contributed by atoms with Crippen LogP contribution in [0.25, 0.3) is 5.69 Å². The third kappa shape index (κ3) is 3.74. The molecule has 0 radical (unpaired) electrons. The number of benzene rings is 2. The number of amides is 1. The SMILES string of the molecule is Cc1cc(C(=O)NCc2ccc(C(=N)N)cc2)c(C)n1-c1ccccc1F. The standard InChI is InChI=1S/C21H21FN4O/c1-13-11-17(14(2)26(13)19-6-4-3-5-18(19)22)21(27)25-12-15-7-9-16(10-8-15)20(23)24/h3-11H,12H2,1-2H3,(H3,23,24)(H,25,27). The van der Waals surface area contributed by atoms with Crippen molar-refractivity contribution in [3.63, 3.8) is 0 Å². The van der Waals surface area contributed by atoms with E-state index in [1.807, 2.05) is 19.1 Å². The zero-order valence-corrected chi connectivity index (χ0v) is 15.2. The molecule has 0 aliphatic rings. The molecule has 1 aromatic heterocycles. The van der Waals surface area contributed by atoms with Crippen LogP contribution in [0.2, 0.25) is 0 Å². The molecule has 0 bridgehead atoms. The molecule has 2 aromatic carbocycles. The molecule has 3 rings (SSSR count). The number of carbonyl (C=O) groups is 1. The summed E-state index contributed by atoms with van der Waals surface area (Å²) in [5, 5.41) is 10.3. The van der Waals surface area contributed by atoms with Gasteiger partial charge in [-0.15, -0.1) is 0 Å². The van der Waals surface area contributed by atoms with Gasteiger partial charge in [0.15, 0.2) is 0 Å². The summed E-state index contributed by atoms with van der Waals surface area (Å²) in [6.45, 7) is 3.99. The Morgan fingerprint density at radius 2 is 1.81 bits per heavy atom. The van der Waals surface area contributed by atoms with Crippen LogP contribution in [0, 0.1) is 25.1 Å². The number of para-hydroxylation sites is 1. The van der Waals surface area contributed by atoms with Crippen molar-refractivity contribution >= 4 is 11.7 Å². The number of nitrogens with one attached hydrogen (secondary N) is 2. The quantitative estimate of drug-likeness (QED) is 0.479. The monoisotopic (exact) mass is 364 g/mol. The lowest BCUT2D eigenvalue weighted by Crippen LogP contribution is -2.23. The molecule has 0 unspecified atom stereocenters. The molecule has 1 heterocycles. The topological polar surface area (TPSA) is 83.9 Å². The summed E-state index contributed by atoms with van der Waals surface area (Å²) in [6.07, 6.45) is 0. The summed E-state index contributed by atoms with van der Waals surface area (Å²) >= 11 is 0. The van der Waals surface area contributed by atoms with E-state index in [1.165, 1.54) is 6.07 Å². The second-order valence-corrected chi connectivity index (χ2v) is 6.36. The number of amidine groups is 1. The van der Waals surface area contributed by atoms with E-state index in [1.54, 1.807) is 47.9 Å². The van der Waals surface area contributed by atoms with Gasteiger partial charge in [0.25, 0.3) is 5.91 Å². The molecular weight excluding hydrogens is 343 g/mol. The lowest BCUT2D eigenvalue weighted by atomic mass is 10.1. The minimum atomic E-state index is -0.336. The minimum absolute atomic E-state index is 0.00571. The Bertz CT molecular complexity index is 1010. The van der Waals surface area contributed by atoms with Gasteiger partial charge >= 0.3 is 0 Å². The van der Waals surface area contributed by atoms with Gasteiger partial charge in [-0.05, 0) is 37.6 Å². The predicted octanol–water partition coefficient (Wildman–Crippen LogP) is 3.45. The van der Waals surface area contributed by atoms with E-state index in [4.69, 9.17) is 11.1 Å².